The van der Waals surface area contributed by atoms with Crippen molar-refractivity contribution >= 4 is 35.0 Å². The maximum absolute atomic E-state index is 15.9. The Bertz CT molecular complexity index is 1620. The van der Waals surface area contributed by atoms with Gasteiger partial charge >= 0.3 is 0 Å². The number of nitrogens with zero attached hydrogens (tertiary/aromatic N) is 1. The summed E-state index contributed by atoms with van der Waals surface area (Å²) in [5, 5.41) is 38.8. The number of hydrogen-bond donors (Lipinski definition) is 5. The normalized spacial score (nSPS) is 21.6. The van der Waals surface area contributed by atoms with E-state index in [9.17, 15) is 25.1 Å². The summed E-state index contributed by atoms with van der Waals surface area (Å²) in [5.74, 6) is -3.74. The SMILES string of the molecule is CC(C)(CCNC(=O)c1ccccc1)CC1NC(C(=O)NCC[C@H](O)CO)C(c2cccc(Cl)c2F)C1(C#N)c1ccc(Cl)cc1F. The van der Waals surface area contributed by atoms with E-state index in [-0.39, 0.29) is 46.5 Å². The van der Waals surface area contributed by atoms with E-state index in [0.717, 1.165) is 6.07 Å². The lowest BCUT2D eigenvalue weighted by Crippen LogP contribution is -2.46. The average Bonchev–Trinajstić information content (AvgIpc) is 3.35. The van der Waals surface area contributed by atoms with Gasteiger partial charge in [-0.15, -0.1) is 0 Å². The Balaban J connectivity index is 1.76. The van der Waals surface area contributed by atoms with Crippen molar-refractivity contribution in [1.82, 2.24) is 16.0 Å². The molecule has 1 fully saturated rings. The monoisotopic (exact) mass is 686 g/mol. The van der Waals surface area contributed by atoms with E-state index in [1.54, 1.807) is 24.3 Å². The minimum atomic E-state index is -1.84. The fourth-order valence-electron chi connectivity index (χ4n) is 6.37. The quantitative estimate of drug-likeness (QED) is 0.167. The molecule has 2 amide bonds. The lowest BCUT2D eigenvalue weighted by atomic mass is 9.62. The molecule has 4 unspecified atom stereocenters. The number of rotatable bonds is 13. The highest BCUT2D eigenvalue weighted by Gasteiger charge is 2.61. The van der Waals surface area contributed by atoms with Crippen LogP contribution in [0.5, 0.6) is 0 Å². The fraction of sp³-hybridized carbons (Fsp3) is 0.400. The second-order valence-electron chi connectivity index (χ2n) is 12.6. The first-order chi connectivity index (χ1) is 22.3. The molecule has 47 heavy (non-hydrogen) atoms. The van der Waals surface area contributed by atoms with Gasteiger partial charge in [0.25, 0.3) is 5.91 Å². The number of aliphatic hydroxyl groups excluding tert-OH is 2. The van der Waals surface area contributed by atoms with Crippen LogP contribution in [-0.2, 0) is 10.2 Å². The van der Waals surface area contributed by atoms with Gasteiger partial charge in [0.05, 0.1) is 29.8 Å². The molecule has 12 heteroatoms. The molecule has 0 aromatic heterocycles. The largest absolute Gasteiger partial charge is 0.394 e. The molecule has 0 saturated carbocycles. The van der Waals surface area contributed by atoms with Crippen LogP contribution in [0.25, 0.3) is 0 Å². The minimum Gasteiger partial charge on any atom is -0.394 e. The van der Waals surface area contributed by atoms with Crippen molar-refractivity contribution < 1.29 is 28.6 Å². The van der Waals surface area contributed by atoms with Crippen LogP contribution in [-0.4, -0.2) is 59.9 Å². The summed E-state index contributed by atoms with van der Waals surface area (Å²) >= 11 is 12.3. The van der Waals surface area contributed by atoms with E-state index in [2.05, 4.69) is 22.0 Å². The van der Waals surface area contributed by atoms with Gasteiger partial charge in [-0.25, -0.2) is 8.78 Å². The maximum Gasteiger partial charge on any atom is 0.251 e. The molecule has 1 aliphatic rings. The van der Waals surface area contributed by atoms with E-state index in [4.69, 9.17) is 23.2 Å². The summed E-state index contributed by atoms with van der Waals surface area (Å²) < 4.78 is 31.8. The van der Waals surface area contributed by atoms with Gasteiger partial charge in [-0.05, 0) is 60.6 Å². The summed E-state index contributed by atoms with van der Waals surface area (Å²) in [6, 6.07) is 17.1. The minimum absolute atomic E-state index is 0.0182. The van der Waals surface area contributed by atoms with Gasteiger partial charge in [0.15, 0.2) is 0 Å². The summed E-state index contributed by atoms with van der Waals surface area (Å²) in [6.45, 7) is 3.65. The molecule has 0 aliphatic carbocycles. The molecule has 3 aromatic rings. The first-order valence-electron chi connectivity index (χ1n) is 15.3. The van der Waals surface area contributed by atoms with E-state index in [0.29, 0.717) is 18.5 Å². The Labute approximate surface area is 283 Å². The van der Waals surface area contributed by atoms with Crippen molar-refractivity contribution in [3.05, 3.63) is 105 Å². The zero-order valence-corrected chi connectivity index (χ0v) is 27.6. The first-order valence-corrected chi connectivity index (χ1v) is 16.1. The third kappa shape index (κ3) is 8.11. The highest BCUT2D eigenvalue weighted by molar-refractivity contribution is 6.31. The molecule has 5 atom stereocenters. The zero-order chi connectivity index (χ0) is 34.4. The van der Waals surface area contributed by atoms with E-state index in [1.807, 2.05) is 19.9 Å². The molecule has 8 nitrogen and oxygen atoms in total. The van der Waals surface area contributed by atoms with Crippen LogP contribution < -0.4 is 16.0 Å². The Morgan fingerprint density at radius 2 is 1.79 bits per heavy atom. The molecule has 250 valence electrons. The topological polar surface area (TPSA) is 134 Å². The van der Waals surface area contributed by atoms with Gasteiger partial charge in [0.1, 0.15) is 17.0 Å². The molecule has 1 saturated heterocycles. The summed E-state index contributed by atoms with van der Waals surface area (Å²) in [4.78, 5) is 26.5. The van der Waals surface area contributed by atoms with E-state index in [1.165, 1.54) is 30.3 Å². The predicted octanol–water partition coefficient (Wildman–Crippen LogP) is 5.25. The van der Waals surface area contributed by atoms with Gasteiger partial charge in [0.2, 0.25) is 5.91 Å². The Morgan fingerprint density at radius 3 is 2.45 bits per heavy atom. The van der Waals surface area contributed by atoms with Crippen molar-refractivity contribution in [2.24, 2.45) is 5.41 Å². The molecule has 0 spiro atoms. The lowest BCUT2D eigenvalue weighted by molar-refractivity contribution is -0.123. The number of nitriles is 1. The van der Waals surface area contributed by atoms with Crippen LogP contribution in [0.15, 0.2) is 66.7 Å². The molecular formula is C35H38Cl2F2N4O4. The lowest BCUT2D eigenvalue weighted by Gasteiger charge is -2.38. The number of carbonyl (C=O) groups is 2. The number of halogens is 4. The number of aliphatic hydroxyl groups is 2. The predicted molar refractivity (Wildman–Crippen MR) is 176 cm³/mol. The molecule has 0 bridgehead atoms. The van der Waals surface area contributed by atoms with Gasteiger partial charge in [-0.1, -0.05) is 73.4 Å². The number of benzene rings is 3. The molecule has 1 heterocycles. The van der Waals surface area contributed by atoms with Crippen molar-refractivity contribution in [3.8, 4) is 6.07 Å². The molecule has 0 radical (unpaired) electrons. The second-order valence-corrected chi connectivity index (χ2v) is 13.4. The van der Waals surface area contributed by atoms with Crippen molar-refractivity contribution in [3.63, 3.8) is 0 Å². The van der Waals surface area contributed by atoms with E-state index < -0.39 is 59.1 Å². The molecule has 4 rings (SSSR count). The van der Waals surface area contributed by atoms with Crippen LogP contribution in [0.1, 0.15) is 60.5 Å². The number of hydrogen-bond acceptors (Lipinski definition) is 6. The van der Waals surface area contributed by atoms with Gasteiger partial charge < -0.3 is 26.2 Å². The summed E-state index contributed by atoms with van der Waals surface area (Å²) in [5.41, 5.74) is -2.02. The maximum atomic E-state index is 15.9. The van der Waals surface area contributed by atoms with Crippen LogP contribution in [0.4, 0.5) is 8.78 Å². The number of amides is 2. The van der Waals surface area contributed by atoms with E-state index >= 15 is 8.78 Å². The highest BCUT2D eigenvalue weighted by Crippen LogP contribution is 2.53. The first kappa shape index (κ1) is 36.2. The van der Waals surface area contributed by atoms with Gasteiger partial charge in [0, 0.05) is 41.2 Å². The third-order valence-corrected chi connectivity index (χ3v) is 9.31. The molecule has 5 N–H and O–H groups in total. The highest BCUT2D eigenvalue weighted by atomic mass is 35.5. The summed E-state index contributed by atoms with van der Waals surface area (Å²) in [7, 11) is 0. The Hall–Kier alpha value is -3.59. The van der Waals surface area contributed by atoms with Gasteiger partial charge in [-0.2, -0.15) is 5.26 Å². The molecular weight excluding hydrogens is 649 g/mol. The zero-order valence-electron chi connectivity index (χ0n) is 26.1. The van der Waals surface area contributed by atoms with Crippen molar-refractivity contribution in [2.75, 3.05) is 19.7 Å². The van der Waals surface area contributed by atoms with Crippen LogP contribution in [0, 0.1) is 28.4 Å². The summed E-state index contributed by atoms with van der Waals surface area (Å²) in [6.07, 6.45) is -0.341. The Kier molecular flexibility index (Phi) is 12.0. The number of carbonyl (C=O) groups excluding carboxylic acids is 2. The standard InChI is InChI=1S/C35H38Cl2F2N4O4/c1-34(2,14-16-42-32(46)21-7-4-3-5-8-21)18-28-35(20-40,25-12-11-22(36)17-27(25)38)29(24-9-6-10-26(37)30(24)39)31(43-28)33(47)41-15-13-23(45)19-44/h3-12,17,23,28-29,31,43-45H,13-16,18-19H2,1-2H3,(H,41,47)(H,42,46)/t23-,28?,29?,31?,35?/m0/s1. The average molecular weight is 688 g/mol. The Morgan fingerprint density at radius 1 is 1.06 bits per heavy atom. The van der Waals surface area contributed by atoms with Crippen LogP contribution >= 0.6 is 23.2 Å². The third-order valence-electron chi connectivity index (χ3n) is 8.78. The second kappa shape index (κ2) is 15.5. The van der Waals surface area contributed by atoms with Gasteiger partial charge in [-0.3, -0.25) is 9.59 Å². The van der Waals surface area contributed by atoms with Crippen molar-refractivity contribution in [2.45, 2.75) is 62.6 Å². The van der Waals surface area contributed by atoms with Crippen molar-refractivity contribution in [1.29, 1.82) is 5.26 Å². The molecule has 3 aromatic carbocycles. The van der Waals surface area contributed by atoms with Crippen LogP contribution in [0.2, 0.25) is 10.0 Å². The fourth-order valence-corrected chi connectivity index (χ4v) is 6.71. The molecule has 1 aliphatic heterocycles. The van der Waals surface area contributed by atoms with Crippen LogP contribution in [0.3, 0.4) is 0 Å². The smallest absolute Gasteiger partial charge is 0.251 e. The number of nitrogens with one attached hydrogen (secondary N) is 3.